The Morgan fingerprint density at radius 3 is 2.57 bits per heavy atom. The van der Waals surface area contributed by atoms with E-state index in [1.165, 1.54) is 0 Å². The Hall–Kier alpha value is -3.03. The summed E-state index contributed by atoms with van der Waals surface area (Å²) in [4.78, 5) is 29.9. The Morgan fingerprint density at radius 1 is 1.18 bits per heavy atom. The Labute approximate surface area is 165 Å². The van der Waals surface area contributed by atoms with Crippen LogP contribution in [0.4, 0.5) is 9.59 Å². The fraction of sp³-hybridized carbons (Fsp3) is 0.450. The van der Waals surface area contributed by atoms with Gasteiger partial charge in [-0.1, -0.05) is 30.3 Å². The molecule has 0 spiro atoms. The SMILES string of the molecule is CC(C)(C)OC(=O)NCCN(CCn1ccnc1)C(=O)OCc1ccccc1. The second-order valence-electron chi connectivity index (χ2n) is 7.26. The minimum absolute atomic E-state index is 0.195. The molecule has 2 aromatic rings. The summed E-state index contributed by atoms with van der Waals surface area (Å²) in [5.41, 5.74) is 0.345. The van der Waals surface area contributed by atoms with E-state index in [-0.39, 0.29) is 13.2 Å². The number of ether oxygens (including phenoxy) is 2. The van der Waals surface area contributed by atoms with Crippen LogP contribution in [-0.4, -0.2) is 51.9 Å². The maximum Gasteiger partial charge on any atom is 0.410 e. The number of amides is 2. The molecule has 0 aliphatic heterocycles. The molecular weight excluding hydrogens is 360 g/mol. The van der Waals surface area contributed by atoms with Gasteiger partial charge in [-0.05, 0) is 26.3 Å². The normalized spacial score (nSPS) is 11.0. The smallest absolute Gasteiger partial charge is 0.410 e. The highest BCUT2D eigenvalue weighted by atomic mass is 16.6. The van der Waals surface area contributed by atoms with Crippen LogP contribution in [0.2, 0.25) is 0 Å². The van der Waals surface area contributed by atoms with Crippen LogP contribution in [-0.2, 0) is 22.6 Å². The van der Waals surface area contributed by atoms with E-state index in [4.69, 9.17) is 9.47 Å². The van der Waals surface area contributed by atoms with Crippen molar-refractivity contribution in [3.63, 3.8) is 0 Å². The van der Waals surface area contributed by atoms with E-state index in [2.05, 4.69) is 10.3 Å². The molecule has 1 heterocycles. The Morgan fingerprint density at radius 2 is 1.93 bits per heavy atom. The van der Waals surface area contributed by atoms with Crippen molar-refractivity contribution in [2.24, 2.45) is 0 Å². The number of carbonyl (C=O) groups is 2. The van der Waals surface area contributed by atoms with Crippen molar-refractivity contribution in [2.75, 3.05) is 19.6 Å². The van der Waals surface area contributed by atoms with Crippen molar-refractivity contribution in [3.05, 3.63) is 54.6 Å². The van der Waals surface area contributed by atoms with Crippen LogP contribution in [0.3, 0.4) is 0 Å². The zero-order valence-corrected chi connectivity index (χ0v) is 16.6. The third-order valence-corrected chi connectivity index (χ3v) is 3.70. The van der Waals surface area contributed by atoms with Crippen LogP contribution >= 0.6 is 0 Å². The minimum Gasteiger partial charge on any atom is -0.445 e. The van der Waals surface area contributed by atoms with Crippen LogP contribution in [0.25, 0.3) is 0 Å². The Bertz CT molecular complexity index is 726. The maximum atomic E-state index is 12.5. The van der Waals surface area contributed by atoms with Crippen LogP contribution in [0, 0.1) is 0 Å². The number of nitrogens with one attached hydrogen (secondary N) is 1. The third-order valence-electron chi connectivity index (χ3n) is 3.70. The predicted molar refractivity (Wildman–Crippen MR) is 105 cm³/mol. The molecule has 0 saturated carbocycles. The van der Waals surface area contributed by atoms with Gasteiger partial charge in [0.05, 0.1) is 6.33 Å². The monoisotopic (exact) mass is 388 g/mol. The fourth-order valence-corrected chi connectivity index (χ4v) is 2.37. The first-order valence-electron chi connectivity index (χ1n) is 9.22. The molecule has 2 amide bonds. The largest absolute Gasteiger partial charge is 0.445 e. The van der Waals surface area contributed by atoms with Gasteiger partial charge in [-0.25, -0.2) is 14.6 Å². The molecule has 0 saturated heterocycles. The van der Waals surface area contributed by atoms with Crippen molar-refractivity contribution in [1.82, 2.24) is 19.8 Å². The molecule has 0 bridgehead atoms. The number of alkyl carbamates (subject to hydrolysis) is 1. The summed E-state index contributed by atoms with van der Waals surface area (Å²) in [6.45, 7) is 7.16. The van der Waals surface area contributed by atoms with Gasteiger partial charge in [-0.15, -0.1) is 0 Å². The van der Waals surface area contributed by atoms with Gasteiger partial charge in [-0.2, -0.15) is 0 Å². The molecule has 0 aliphatic carbocycles. The number of imidazole rings is 1. The highest BCUT2D eigenvalue weighted by Gasteiger charge is 2.18. The third kappa shape index (κ3) is 8.11. The van der Waals surface area contributed by atoms with Gasteiger partial charge in [0.2, 0.25) is 0 Å². The lowest BCUT2D eigenvalue weighted by Crippen LogP contribution is -2.41. The predicted octanol–water partition coefficient (Wildman–Crippen LogP) is 3.05. The fourth-order valence-electron chi connectivity index (χ4n) is 2.37. The molecule has 0 fully saturated rings. The molecule has 8 nitrogen and oxygen atoms in total. The summed E-state index contributed by atoms with van der Waals surface area (Å²) in [7, 11) is 0. The second-order valence-corrected chi connectivity index (χ2v) is 7.26. The lowest BCUT2D eigenvalue weighted by molar-refractivity contribution is 0.0514. The quantitative estimate of drug-likeness (QED) is 0.751. The average molecular weight is 388 g/mol. The van der Waals surface area contributed by atoms with Crippen molar-refractivity contribution >= 4 is 12.2 Å². The zero-order chi connectivity index (χ0) is 20.4. The van der Waals surface area contributed by atoms with E-state index in [0.717, 1.165) is 5.56 Å². The summed E-state index contributed by atoms with van der Waals surface area (Å²) in [5, 5.41) is 2.66. The molecule has 0 unspecified atom stereocenters. The number of nitrogens with zero attached hydrogens (tertiary/aromatic N) is 3. The second kappa shape index (κ2) is 10.3. The zero-order valence-electron chi connectivity index (χ0n) is 16.6. The van der Waals surface area contributed by atoms with Gasteiger partial charge in [0, 0.05) is 38.6 Å². The molecule has 1 aromatic carbocycles. The number of aromatic nitrogens is 2. The molecule has 0 radical (unpaired) electrons. The average Bonchev–Trinajstić information content (AvgIpc) is 3.15. The molecule has 152 valence electrons. The standard InChI is InChI=1S/C20H28N4O4/c1-20(2,3)28-18(25)22-10-12-24(14-13-23-11-9-21-16-23)19(26)27-15-17-7-5-4-6-8-17/h4-9,11,16H,10,12-15H2,1-3H3,(H,22,25). The van der Waals surface area contributed by atoms with Crippen molar-refractivity contribution in [1.29, 1.82) is 0 Å². The summed E-state index contributed by atoms with van der Waals surface area (Å²) in [5.74, 6) is 0. The summed E-state index contributed by atoms with van der Waals surface area (Å²) < 4.78 is 12.5. The van der Waals surface area contributed by atoms with Crippen molar-refractivity contribution in [3.8, 4) is 0 Å². The molecular formula is C20H28N4O4. The van der Waals surface area contributed by atoms with E-state index in [9.17, 15) is 9.59 Å². The number of hydrogen-bond donors (Lipinski definition) is 1. The Kier molecular flexibility index (Phi) is 7.86. The van der Waals surface area contributed by atoms with E-state index in [1.807, 2.05) is 41.1 Å². The van der Waals surface area contributed by atoms with Crippen LogP contribution in [0.15, 0.2) is 49.1 Å². The first-order chi connectivity index (χ1) is 13.3. The lowest BCUT2D eigenvalue weighted by atomic mass is 10.2. The highest BCUT2D eigenvalue weighted by molar-refractivity contribution is 5.69. The van der Waals surface area contributed by atoms with Gasteiger partial charge >= 0.3 is 12.2 Å². The van der Waals surface area contributed by atoms with Gasteiger partial charge in [0.1, 0.15) is 12.2 Å². The van der Waals surface area contributed by atoms with Crippen LogP contribution < -0.4 is 5.32 Å². The van der Waals surface area contributed by atoms with Gasteiger partial charge in [0.25, 0.3) is 0 Å². The van der Waals surface area contributed by atoms with E-state index >= 15 is 0 Å². The molecule has 1 N–H and O–H groups in total. The van der Waals surface area contributed by atoms with E-state index < -0.39 is 17.8 Å². The maximum absolute atomic E-state index is 12.5. The summed E-state index contributed by atoms with van der Waals surface area (Å²) in [6.07, 6.45) is 4.25. The molecule has 2 rings (SSSR count). The summed E-state index contributed by atoms with van der Waals surface area (Å²) >= 11 is 0. The highest BCUT2D eigenvalue weighted by Crippen LogP contribution is 2.07. The number of rotatable bonds is 8. The van der Waals surface area contributed by atoms with E-state index in [0.29, 0.717) is 19.6 Å². The molecule has 28 heavy (non-hydrogen) atoms. The molecule has 1 aromatic heterocycles. The lowest BCUT2D eigenvalue weighted by Gasteiger charge is -2.23. The van der Waals surface area contributed by atoms with Crippen molar-refractivity contribution < 1.29 is 19.1 Å². The van der Waals surface area contributed by atoms with Gasteiger partial charge in [0.15, 0.2) is 0 Å². The van der Waals surface area contributed by atoms with E-state index in [1.54, 1.807) is 38.2 Å². The topological polar surface area (TPSA) is 85.7 Å². The van der Waals surface area contributed by atoms with Crippen LogP contribution in [0.1, 0.15) is 26.3 Å². The van der Waals surface area contributed by atoms with Gasteiger partial charge in [-0.3, -0.25) is 0 Å². The number of hydrogen-bond acceptors (Lipinski definition) is 5. The van der Waals surface area contributed by atoms with Gasteiger partial charge < -0.3 is 24.3 Å². The minimum atomic E-state index is -0.570. The first kappa shape index (κ1) is 21.3. The molecule has 0 aliphatic rings. The molecule has 8 heteroatoms. The number of benzene rings is 1. The number of carbonyl (C=O) groups excluding carboxylic acids is 2. The van der Waals surface area contributed by atoms with Crippen molar-refractivity contribution in [2.45, 2.75) is 39.5 Å². The summed E-state index contributed by atoms with van der Waals surface area (Å²) in [6, 6.07) is 9.49. The first-order valence-corrected chi connectivity index (χ1v) is 9.22. The van der Waals surface area contributed by atoms with Crippen LogP contribution in [0.5, 0.6) is 0 Å². The molecule has 0 atom stereocenters. The Balaban J connectivity index is 1.86.